The molecule has 1 aliphatic heterocycles. The Morgan fingerprint density at radius 2 is 1.83 bits per heavy atom. The zero-order valence-electron chi connectivity index (χ0n) is 15.3. The number of primary amides is 1. The van der Waals surface area contributed by atoms with Crippen LogP contribution in [0.25, 0.3) is 16.6 Å². The summed E-state index contributed by atoms with van der Waals surface area (Å²) in [5, 5.41) is 0.489. The van der Waals surface area contributed by atoms with Gasteiger partial charge in [-0.25, -0.2) is 0 Å². The molecule has 4 rings (SSSR count). The molecule has 0 spiro atoms. The van der Waals surface area contributed by atoms with Crippen molar-refractivity contribution < 1.29 is 18.0 Å². The molecule has 7 heteroatoms. The molecule has 148 valence electrons. The summed E-state index contributed by atoms with van der Waals surface area (Å²) in [6.07, 6.45) is -0.863. The number of aromatic nitrogens is 1. The van der Waals surface area contributed by atoms with Crippen LogP contribution in [-0.4, -0.2) is 22.3 Å². The van der Waals surface area contributed by atoms with E-state index in [0.29, 0.717) is 29.6 Å². The lowest BCUT2D eigenvalue weighted by molar-refractivity contribution is -0.140. The molecule has 0 atom stereocenters. The van der Waals surface area contributed by atoms with Crippen molar-refractivity contribution in [2.75, 3.05) is 6.54 Å². The van der Waals surface area contributed by atoms with Gasteiger partial charge in [-0.05, 0) is 41.5 Å². The molecule has 0 saturated heterocycles. The number of nitrogens with zero attached hydrogens (tertiary/aromatic N) is 1. The second-order valence-corrected chi connectivity index (χ2v) is 6.93. The topological polar surface area (TPSA) is 62.1 Å². The van der Waals surface area contributed by atoms with Crippen LogP contribution in [0.4, 0.5) is 13.2 Å². The van der Waals surface area contributed by atoms with Crippen LogP contribution in [0.3, 0.4) is 0 Å². The predicted octanol–water partition coefficient (Wildman–Crippen LogP) is 4.46. The van der Waals surface area contributed by atoms with E-state index >= 15 is 0 Å². The third-order valence-corrected chi connectivity index (χ3v) is 4.89. The minimum atomic E-state index is -4.42. The van der Waals surface area contributed by atoms with E-state index in [-0.39, 0.29) is 0 Å². The number of carbonyl (C=O) groups excluding carboxylic acids is 1. The molecule has 0 saturated carbocycles. The maximum Gasteiger partial charge on any atom is 0.431 e. The number of hydrogen-bond acceptors (Lipinski definition) is 2. The molecule has 1 amide bonds. The number of allylic oxidation sites excluding steroid dienone is 2. The molecular weight excluding hydrogens is 379 g/mol. The Balaban J connectivity index is 1.66. The van der Waals surface area contributed by atoms with Crippen molar-refractivity contribution in [3.05, 3.63) is 89.1 Å². The third-order valence-electron chi connectivity index (χ3n) is 4.89. The number of rotatable bonds is 4. The fourth-order valence-electron chi connectivity index (χ4n) is 3.47. The lowest BCUT2D eigenvalue weighted by Gasteiger charge is -2.31. The van der Waals surface area contributed by atoms with Crippen molar-refractivity contribution >= 4 is 22.5 Å². The Hall–Kier alpha value is -3.48. The highest BCUT2D eigenvalue weighted by atomic mass is 19.4. The quantitative estimate of drug-likeness (QED) is 0.683. The Kier molecular flexibility index (Phi) is 4.66. The van der Waals surface area contributed by atoms with Gasteiger partial charge in [-0.15, -0.1) is 0 Å². The van der Waals surface area contributed by atoms with Gasteiger partial charge in [-0.1, -0.05) is 36.4 Å². The standard InChI is InChI=1S/C22H18F3N3O/c23-22(24,25)20-11-17-10-14(6-8-18(17)27-20)12-28-13-16(21(26)29)7-9-19(28)15-4-2-1-3-5-15/h1-11,27H,12-13H2,(H2,26,29). The van der Waals surface area contributed by atoms with Crippen molar-refractivity contribution in [2.45, 2.75) is 12.7 Å². The van der Waals surface area contributed by atoms with E-state index in [4.69, 9.17) is 5.73 Å². The SMILES string of the molecule is NC(=O)C1=CC=C(c2ccccc2)N(Cc2ccc3[nH]c(C(F)(F)F)cc3c2)C1. The van der Waals surface area contributed by atoms with Crippen LogP contribution in [0.1, 0.15) is 16.8 Å². The molecule has 0 aliphatic carbocycles. The number of amides is 1. The molecule has 4 nitrogen and oxygen atoms in total. The Bertz CT molecular complexity index is 1130. The second-order valence-electron chi connectivity index (χ2n) is 6.93. The van der Waals surface area contributed by atoms with Crippen molar-refractivity contribution in [3.63, 3.8) is 0 Å². The number of alkyl halides is 3. The maximum atomic E-state index is 13.0. The highest BCUT2D eigenvalue weighted by Crippen LogP contribution is 2.32. The van der Waals surface area contributed by atoms with Gasteiger partial charge in [0, 0.05) is 35.3 Å². The van der Waals surface area contributed by atoms with E-state index in [0.717, 1.165) is 22.9 Å². The summed E-state index contributed by atoms with van der Waals surface area (Å²) in [5.74, 6) is -0.491. The van der Waals surface area contributed by atoms with Crippen LogP contribution in [0, 0.1) is 0 Å². The Morgan fingerprint density at radius 1 is 1.07 bits per heavy atom. The van der Waals surface area contributed by atoms with Crippen molar-refractivity contribution in [2.24, 2.45) is 5.73 Å². The zero-order valence-corrected chi connectivity index (χ0v) is 15.3. The van der Waals surface area contributed by atoms with E-state index in [1.807, 2.05) is 41.3 Å². The van der Waals surface area contributed by atoms with Crippen LogP contribution >= 0.6 is 0 Å². The number of hydrogen-bond donors (Lipinski definition) is 2. The van der Waals surface area contributed by atoms with Gasteiger partial charge in [0.25, 0.3) is 0 Å². The second kappa shape index (κ2) is 7.16. The Labute approximate surface area is 165 Å². The number of aromatic amines is 1. The molecule has 0 bridgehead atoms. The number of carbonyl (C=O) groups is 1. The molecule has 0 fully saturated rings. The van der Waals surface area contributed by atoms with E-state index in [1.54, 1.807) is 24.3 Å². The van der Waals surface area contributed by atoms with E-state index in [9.17, 15) is 18.0 Å². The number of fused-ring (bicyclic) bond motifs is 1. The first kappa shape index (κ1) is 18.9. The lowest BCUT2D eigenvalue weighted by Crippen LogP contribution is -2.31. The van der Waals surface area contributed by atoms with Gasteiger partial charge in [0.1, 0.15) is 5.69 Å². The fourth-order valence-corrected chi connectivity index (χ4v) is 3.47. The molecule has 2 aromatic carbocycles. The predicted molar refractivity (Wildman–Crippen MR) is 105 cm³/mol. The first-order chi connectivity index (χ1) is 13.8. The van der Waals surface area contributed by atoms with Gasteiger partial charge in [0.05, 0.1) is 0 Å². The van der Waals surface area contributed by atoms with Crippen LogP contribution in [0.15, 0.2) is 72.3 Å². The molecule has 0 unspecified atom stereocenters. The zero-order chi connectivity index (χ0) is 20.6. The largest absolute Gasteiger partial charge is 0.431 e. The molecule has 3 N–H and O–H groups in total. The number of nitrogens with one attached hydrogen (secondary N) is 1. The van der Waals surface area contributed by atoms with Crippen molar-refractivity contribution in [3.8, 4) is 0 Å². The fraction of sp³-hybridized carbons (Fsp3) is 0.136. The Morgan fingerprint density at radius 3 is 2.52 bits per heavy atom. The van der Waals surface area contributed by atoms with Gasteiger partial charge in [0.2, 0.25) is 5.91 Å². The number of benzene rings is 2. The minimum Gasteiger partial charge on any atom is -0.366 e. The summed E-state index contributed by atoms with van der Waals surface area (Å²) in [7, 11) is 0. The van der Waals surface area contributed by atoms with E-state index in [1.165, 1.54) is 0 Å². The minimum absolute atomic E-state index is 0.328. The molecule has 2 heterocycles. The smallest absolute Gasteiger partial charge is 0.366 e. The van der Waals surface area contributed by atoms with Crippen molar-refractivity contribution in [1.29, 1.82) is 0 Å². The van der Waals surface area contributed by atoms with Crippen LogP contribution in [0.5, 0.6) is 0 Å². The summed E-state index contributed by atoms with van der Waals surface area (Å²) >= 11 is 0. The van der Waals surface area contributed by atoms with Crippen LogP contribution in [0.2, 0.25) is 0 Å². The highest BCUT2D eigenvalue weighted by Gasteiger charge is 2.32. The number of halogens is 3. The summed E-state index contributed by atoms with van der Waals surface area (Å²) in [6, 6.07) is 16.0. The summed E-state index contributed by atoms with van der Waals surface area (Å²) in [4.78, 5) is 16.1. The third kappa shape index (κ3) is 3.89. The maximum absolute atomic E-state index is 13.0. The van der Waals surface area contributed by atoms with Gasteiger partial charge < -0.3 is 15.6 Å². The van der Waals surface area contributed by atoms with Crippen molar-refractivity contribution in [1.82, 2.24) is 9.88 Å². The van der Waals surface area contributed by atoms with Crippen LogP contribution < -0.4 is 5.73 Å². The lowest BCUT2D eigenvalue weighted by atomic mass is 10.0. The van der Waals surface area contributed by atoms with Gasteiger partial charge >= 0.3 is 6.18 Å². The number of H-pyrrole nitrogens is 1. The average Bonchev–Trinajstić information content (AvgIpc) is 3.12. The summed E-state index contributed by atoms with van der Waals surface area (Å²) in [5.41, 5.74) is 8.31. The first-order valence-electron chi connectivity index (χ1n) is 9.01. The molecule has 1 aliphatic rings. The van der Waals surface area contributed by atoms with Gasteiger partial charge in [-0.2, -0.15) is 13.2 Å². The van der Waals surface area contributed by atoms with Gasteiger partial charge in [-0.3, -0.25) is 4.79 Å². The van der Waals surface area contributed by atoms with Gasteiger partial charge in [0.15, 0.2) is 0 Å². The van der Waals surface area contributed by atoms with Crippen LogP contribution in [-0.2, 0) is 17.5 Å². The molecule has 3 aromatic rings. The monoisotopic (exact) mass is 397 g/mol. The normalized spacial score (nSPS) is 14.7. The number of nitrogens with two attached hydrogens (primary N) is 1. The molecule has 0 radical (unpaired) electrons. The highest BCUT2D eigenvalue weighted by molar-refractivity contribution is 5.94. The summed E-state index contributed by atoms with van der Waals surface area (Å²) < 4.78 is 38.9. The summed E-state index contributed by atoms with van der Waals surface area (Å²) in [6.45, 7) is 0.753. The molecule has 29 heavy (non-hydrogen) atoms. The average molecular weight is 397 g/mol. The molecular formula is C22H18F3N3O. The van der Waals surface area contributed by atoms with E-state index in [2.05, 4.69) is 4.98 Å². The first-order valence-corrected chi connectivity index (χ1v) is 9.01. The molecule has 1 aromatic heterocycles. The van der Waals surface area contributed by atoms with E-state index < -0.39 is 17.8 Å².